The van der Waals surface area contributed by atoms with Crippen LogP contribution in [-0.4, -0.2) is 36.1 Å². The summed E-state index contributed by atoms with van der Waals surface area (Å²) in [4.78, 5) is 39.5. The molecule has 3 N–H and O–H groups in total. The molecule has 0 spiro atoms. The number of rotatable bonds is 7. The lowest BCUT2D eigenvalue weighted by atomic mass is 9.94. The fraction of sp³-hybridized carbons (Fsp3) is 0.320. The molecule has 2 aromatic carbocycles. The molecule has 3 rings (SSSR count). The fourth-order valence-electron chi connectivity index (χ4n) is 3.86. The van der Waals surface area contributed by atoms with Crippen LogP contribution in [0.5, 0.6) is 0 Å². The van der Waals surface area contributed by atoms with Crippen LogP contribution in [0.15, 0.2) is 59.8 Å². The van der Waals surface area contributed by atoms with Crippen LogP contribution in [0.3, 0.4) is 0 Å². The predicted molar refractivity (Wildman–Crippen MR) is 128 cm³/mol. The monoisotopic (exact) mass is 504 g/mol. The Hall–Kier alpha value is -4.02. The molecule has 36 heavy (non-hydrogen) atoms. The Morgan fingerprint density at radius 2 is 1.69 bits per heavy atom. The first kappa shape index (κ1) is 26.6. The molecule has 0 aromatic heterocycles. The lowest BCUT2D eigenvalue weighted by molar-refractivity contribution is -0.139. The van der Waals surface area contributed by atoms with Gasteiger partial charge in [0.25, 0.3) is 0 Å². The minimum absolute atomic E-state index is 0.0304. The van der Waals surface area contributed by atoms with Crippen molar-refractivity contribution < 1.29 is 32.3 Å². The topological polar surface area (TPSA) is 99.8 Å². The first-order valence-corrected chi connectivity index (χ1v) is 11.4. The highest BCUT2D eigenvalue weighted by Crippen LogP contribution is 2.33. The van der Waals surface area contributed by atoms with Gasteiger partial charge in [0.1, 0.15) is 0 Å². The summed E-state index contributed by atoms with van der Waals surface area (Å²) in [6, 6.07) is 8.76. The number of ether oxygens (including phenoxy) is 1. The Kier molecular flexibility index (Phi) is 8.23. The van der Waals surface area contributed by atoms with Crippen LogP contribution >= 0.6 is 0 Å². The number of hydrogen-bond donors (Lipinski definition) is 3. The van der Waals surface area contributed by atoms with E-state index in [1.807, 2.05) is 6.92 Å². The van der Waals surface area contributed by atoms with Gasteiger partial charge in [0.05, 0.1) is 23.8 Å². The highest BCUT2D eigenvalue weighted by Gasteiger charge is 2.36. The third-order valence-corrected chi connectivity index (χ3v) is 5.46. The molecular weight excluding hydrogens is 477 g/mol. The molecule has 4 amide bonds. The van der Waals surface area contributed by atoms with E-state index >= 15 is 0 Å². The minimum atomic E-state index is -4.54. The van der Waals surface area contributed by atoms with Crippen LogP contribution in [-0.2, 0) is 15.7 Å². The Balaban J connectivity index is 1.84. The highest BCUT2D eigenvalue weighted by atomic mass is 19.4. The number of hydrogen-bond acceptors (Lipinski definition) is 4. The molecule has 2 aromatic rings. The molecule has 8 nitrogen and oxygen atoms in total. The second-order valence-corrected chi connectivity index (χ2v) is 8.04. The van der Waals surface area contributed by atoms with Gasteiger partial charge in [-0.05, 0) is 56.2 Å². The summed E-state index contributed by atoms with van der Waals surface area (Å²) in [7, 11) is 0. The number of halogens is 3. The second-order valence-electron chi connectivity index (χ2n) is 8.04. The summed E-state index contributed by atoms with van der Waals surface area (Å²) < 4.78 is 44.0. The van der Waals surface area contributed by atoms with Crippen LogP contribution < -0.4 is 16.0 Å². The van der Waals surface area contributed by atoms with Crippen LogP contribution in [0.4, 0.5) is 34.1 Å². The fourth-order valence-corrected chi connectivity index (χ4v) is 3.86. The lowest BCUT2D eigenvalue weighted by Crippen LogP contribution is -2.48. The molecule has 0 saturated heterocycles. The average Bonchev–Trinajstić information content (AvgIpc) is 2.81. The maximum Gasteiger partial charge on any atom is 0.416 e. The number of carbonyl (C=O) groups is 3. The van der Waals surface area contributed by atoms with E-state index in [0.29, 0.717) is 29.9 Å². The zero-order valence-corrected chi connectivity index (χ0v) is 20.0. The van der Waals surface area contributed by atoms with E-state index in [2.05, 4.69) is 16.0 Å². The quantitative estimate of drug-likeness (QED) is 0.424. The van der Waals surface area contributed by atoms with E-state index in [1.54, 1.807) is 38.1 Å². The molecule has 11 heteroatoms. The Morgan fingerprint density at radius 3 is 2.31 bits per heavy atom. The van der Waals surface area contributed by atoms with Crippen molar-refractivity contribution in [1.82, 2.24) is 10.2 Å². The molecular formula is C25H27F3N4O4. The number of alkyl halides is 3. The number of nitrogens with one attached hydrogen (secondary N) is 3. The molecule has 0 bridgehead atoms. The van der Waals surface area contributed by atoms with Gasteiger partial charge in [0.2, 0.25) is 0 Å². The van der Waals surface area contributed by atoms with E-state index < -0.39 is 29.8 Å². The van der Waals surface area contributed by atoms with Crippen molar-refractivity contribution in [2.24, 2.45) is 0 Å². The summed E-state index contributed by atoms with van der Waals surface area (Å²) in [5.74, 6) is -0.568. The van der Waals surface area contributed by atoms with Gasteiger partial charge in [0.15, 0.2) is 0 Å². The predicted octanol–water partition coefficient (Wildman–Crippen LogP) is 5.66. The number of nitrogens with zero attached hydrogens (tertiary/aromatic N) is 1. The largest absolute Gasteiger partial charge is 0.463 e. The third kappa shape index (κ3) is 6.15. The Bertz CT molecular complexity index is 1180. The molecule has 1 atom stereocenters. The second kappa shape index (κ2) is 11.1. The standard InChI is InChI=1S/C25H27F3N4O4/c1-4-12-32-15(3)20(22(33)36-5-2)21(31-24(32)35)16-8-6-10-18(13-16)29-23(34)30-19-11-7-9-17(14-19)25(26,27)28/h6-11,13-14,21H,4-5,12H2,1-3H3,(H,31,35)(H2,29,30,34)/t21-/m1/s1. The summed E-state index contributed by atoms with van der Waals surface area (Å²) >= 11 is 0. The van der Waals surface area contributed by atoms with Gasteiger partial charge in [-0.15, -0.1) is 0 Å². The van der Waals surface area contributed by atoms with Gasteiger partial charge in [-0.1, -0.05) is 25.1 Å². The summed E-state index contributed by atoms with van der Waals surface area (Å²) in [6.45, 7) is 5.85. The Labute approximate surface area is 206 Å². The summed E-state index contributed by atoms with van der Waals surface area (Å²) in [6.07, 6.45) is -3.85. The van der Waals surface area contributed by atoms with Crippen molar-refractivity contribution in [3.63, 3.8) is 0 Å². The Morgan fingerprint density at radius 1 is 1.06 bits per heavy atom. The lowest BCUT2D eigenvalue weighted by Gasteiger charge is -2.35. The number of urea groups is 2. The van der Waals surface area contributed by atoms with E-state index in [4.69, 9.17) is 4.74 Å². The van der Waals surface area contributed by atoms with Gasteiger partial charge in [-0.25, -0.2) is 14.4 Å². The van der Waals surface area contributed by atoms with Crippen molar-refractivity contribution in [3.8, 4) is 0 Å². The first-order valence-electron chi connectivity index (χ1n) is 11.4. The zero-order chi connectivity index (χ0) is 26.5. The number of carbonyl (C=O) groups excluding carboxylic acids is 3. The summed E-state index contributed by atoms with van der Waals surface area (Å²) in [5, 5.41) is 7.75. The highest BCUT2D eigenvalue weighted by molar-refractivity contribution is 6.00. The van der Waals surface area contributed by atoms with E-state index in [1.165, 1.54) is 17.0 Å². The molecule has 1 heterocycles. The maximum absolute atomic E-state index is 12.9. The van der Waals surface area contributed by atoms with E-state index in [0.717, 1.165) is 12.1 Å². The van der Waals surface area contributed by atoms with Crippen molar-refractivity contribution in [3.05, 3.63) is 70.9 Å². The van der Waals surface area contributed by atoms with Crippen molar-refractivity contribution in [1.29, 1.82) is 0 Å². The van der Waals surface area contributed by atoms with Gasteiger partial charge in [-0.2, -0.15) is 13.2 Å². The van der Waals surface area contributed by atoms with Crippen molar-refractivity contribution in [2.75, 3.05) is 23.8 Å². The zero-order valence-electron chi connectivity index (χ0n) is 20.0. The maximum atomic E-state index is 12.9. The molecule has 0 unspecified atom stereocenters. The first-order chi connectivity index (χ1) is 17.0. The molecule has 1 aliphatic heterocycles. The number of anilines is 2. The molecule has 0 radical (unpaired) electrons. The number of benzene rings is 2. The van der Waals surface area contributed by atoms with E-state index in [-0.39, 0.29) is 23.9 Å². The number of allylic oxidation sites excluding steroid dienone is 1. The molecule has 0 aliphatic carbocycles. The van der Waals surface area contributed by atoms with Gasteiger partial charge < -0.3 is 20.7 Å². The number of amides is 4. The third-order valence-electron chi connectivity index (χ3n) is 5.46. The summed E-state index contributed by atoms with van der Waals surface area (Å²) in [5.41, 5.74) is 0.653. The normalized spacial score (nSPS) is 15.9. The SMILES string of the molecule is CCCN1C(=O)N[C@H](c2cccc(NC(=O)Nc3cccc(C(F)(F)F)c3)c2)C(C(=O)OCC)=C1C. The number of esters is 1. The minimum Gasteiger partial charge on any atom is -0.463 e. The van der Waals surface area contributed by atoms with Crippen molar-refractivity contribution in [2.45, 2.75) is 39.4 Å². The van der Waals surface area contributed by atoms with Crippen LogP contribution in [0.25, 0.3) is 0 Å². The smallest absolute Gasteiger partial charge is 0.416 e. The van der Waals surface area contributed by atoms with Crippen LogP contribution in [0.2, 0.25) is 0 Å². The molecule has 1 aliphatic rings. The van der Waals surface area contributed by atoms with Crippen molar-refractivity contribution >= 4 is 29.4 Å². The average molecular weight is 505 g/mol. The molecule has 0 saturated carbocycles. The van der Waals surface area contributed by atoms with Crippen LogP contribution in [0, 0.1) is 0 Å². The van der Waals surface area contributed by atoms with Gasteiger partial charge in [0, 0.05) is 23.6 Å². The molecule has 192 valence electrons. The van der Waals surface area contributed by atoms with Crippen LogP contribution in [0.1, 0.15) is 44.4 Å². The van der Waals surface area contributed by atoms with E-state index in [9.17, 15) is 27.6 Å². The molecule has 0 fully saturated rings. The van der Waals surface area contributed by atoms with Gasteiger partial charge >= 0.3 is 24.2 Å². The van der Waals surface area contributed by atoms with Gasteiger partial charge in [-0.3, -0.25) is 4.90 Å².